The van der Waals surface area contributed by atoms with Crippen LogP contribution in [0.5, 0.6) is 0 Å². The van der Waals surface area contributed by atoms with Crippen molar-refractivity contribution in [2.75, 3.05) is 26.2 Å². The summed E-state index contributed by atoms with van der Waals surface area (Å²) < 4.78 is 19.8. The van der Waals surface area contributed by atoms with Gasteiger partial charge < -0.3 is 19.2 Å². The number of H-pyrrole nitrogens is 1. The van der Waals surface area contributed by atoms with Crippen molar-refractivity contribution in [1.82, 2.24) is 14.8 Å². The van der Waals surface area contributed by atoms with Gasteiger partial charge in [0.15, 0.2) is 10.4 Å². The molecule has 2 amide bonds. The van der Waals surface area contributed by atoms with Gasteiger partial charge in [-0.05, 0) is 40.2 Å². The second-order valence-electron chi connectivity index (χ2n) is 6.38. The second-order valence-corrected chi connectivity index (χ2v) is 7.16. The molecule has 0 bridgehead atoms. The number of carbonyl (C=O) groups is 3. The smallest absolute Gasteiger partial charge is 0.295 e. The van der Waals surface area contributed by atoms with Crippen molar-refractivity contribution >= 4 is 44.4 Å². The van der Waals surface area contributed by atoms with Crippen LogP contribution in [0.15, 0.2) is 45.6 Å². The molecule has 1 N–H and O–H groups in total. The zero-order valence-electron chi connectivity index (χ0n) is 14.6. The van der Waals surface area contributed by atoms with Gasteiger partial charge in [-0.25, -0.2) is 4.39 Å². The third-order valence-electron chi connectivity index (χ3n) is 4.73. The molecule has 0 aliphatic carbocycles. The summed E-state index contributed by atoms with van der Waals surface area (Å²) in [6, 6.07) is 7.61. The fourth-order valence-corrected chi connectivity index (χ4v) is 3.58. The Morgan fingerprint density at radius 2 is 1.75 bits per heavy atom. The average Bonchev–Trinajstić information content (AvgIpc) is 3.33. The molecule has 3 aromatic rings. The average molecular weight is 448 g/mol. The first-order valence-electron chi connectivity index (χ1n) is 8.59. The maximum atomic E-state index is 14.1. The number of furan rings is 1. The molecule has 1 aliphatic rings. The number of piperazine rings is 1. The van der Waals surface area contributed by atoms with E-state index in [1.165, 1.54) is 23.2 Å². The number of nitrogens with zero attached hydrogens (tertiary/aromatic N) is 2. The second kappa shape index (κ2) is 7.23. The number of hydrogen-bond acceptors (Lipinski definition) is 4. The maximum absolute atomic E-state index is 14.1. The number of ketones is 1. The van der Waals surface area contributed by atoms with Crippen molar-refractivity contribution in [1.29, 1.82) is 0 Å². The molecule has 0 spiro atoms. The maximum Gasteiger partial charge on any atom is 0.295 e. The van der Waals surface area contributed by atoms with Gasteiger partial charge in [0.2, 0.25) is 0 Å². The summed E-state index contributed by atoms with van der Waals surface area (Å²) in [5.74, 6) is -2.11. The van der Waals surface area contributed by atoms with E-state index in [-0.39, 0.29) is 48.8 Å². The number of carbonyl (C=O) groups excluding carboxylic acids is 3. The van der Waals surface area contributed by atoms with E-state index in [9.17, 15) is 18.8 Å². The first-order valence-corrected chi connectivity index (χ1v) is 9.39. The third-order valence-corrected chi connectivity index (χ3v) is 5.16. The van der Waals surface area contributed by atoms with Crippen molar-refractivity contribution in [3.8, 4) is 0 Å². The van der Waals surface area contributed by atoms with E-state index in [0.29, 0.717) is 10.2 Å². The lowest BCUT2D eigenvalue weighted by molar-refractivity contribution is -0.127. The van der Waals surface area contributed by atoms with E-state index >= 15 is 0 Å². The number of halogens is 2. The Balaban J connectivity index is 1.45. The van der Waals surface area contributed by atoms with Crippen molar-refractivity contribution < 1.29 is 23.2 Å². The largest absolute Gasteiger partial charge is 0.444 e. The van der Waals surface area contributed by atoms with Gasteiger partial charge in [-0.3, -0.25) is 14.4 Å². The molecule has 1 aliphatic heterocycles. The summed E-state index contributed by atoms with van der Waals surface area (Å²) in [7, 11) is 0. The predicted octanol–water partition coefficient (Wildman–Crippen LogP) is 2.83. The Morgan fingerprint density at radius 3 is 2.43 bits per heavy atom. The van der Waals surface area contributed by atoms with Crippen LogP contribution >= 0.6 is 15.9 Å². The molecule has 144 valence electrons. The van der Waals surface area contributed by atoms with Crippen LogP contribution in [0.1, 0.15) is 20.9 Å². The van der Waals surface area contributed by atoms with Gasteiger partial charge >= 0.3 is 0 Å². The highest BCUT2D eigenvalue weighted by Gasteiger charge is 2.31. The number of rotatable bonds is 3. The van der Waals surface area contributed by atoms with Crippen LogP contribution in [-0.4, -0.2) is 58.6 Å². The van der Waals surface area contributed by atoms with Crippen molar-refractivity contribution in [2.24, 2.45) is 0 Å². The lowest BCUT2D eigenvalue weighted by Crippen LogP contribution is -2.52. The van der Waals surface area contributed by atoms with Gasteiger partial charge in [-0.1, -0.05) is 6.07 Å². The lowest BCUT2D eigenvalue weighted by atomic mass is 10.1. The summed E-state index contributed by atoms with van der Waals surface area (Å²) in [5.41, 5.74) is 0.466. The molecule has 0 saturated carbocycles. The SMILES string of the molecule is O=C(C(=O)N1CCN(C(=O)c2ccc(Br)o2)CC1)c1c[nH]c2cccc(F)c12. The highest BCUT2D eigenvalue weighted by atomic mass is 79.9. The number of Topliss-reactive ketones (excluding diaryl/α,β-unsaturated/α-hetero) is 1. The van der Waals surface area contributed by atoms with E-state index in [1.54, 1.807) is 23.1 Å². The summed E-state index contributed by atoms with van der Waals surface area (Å²) in [5, 5.41) is 0.109. The van der Waals surface area contributed by atoms with Gasteiger partial charge in [0.1, 0.15) is 5.82 Å². The summed E-state index contributed by atoms with van der Waals surface area (Å²) in [6.07, 6.45) is 1.35. The Bertz CT molecular complexity index is 1080. The summed E-state index contributed by atoms with van der Waals surface area (Å²) in [6.45, 7) is 0.975. The third kappa shape index (κ3) is 3.22. The monoisotopic (exact) mass is 447 g/mol. The molecule has 1 saturated heterocycles. The van der Waals surface area contributed by atoms with Gasteiger partial charge in [-0.15, -0.1) is 0 Å². The Morgan fingerprint density at radius 1 is 1.04 bits per heavy atom. The minimum atomic E-state index is -0.772. The van der Waals surface area contributed by atoms with Gasteiger partial charge in [-0.2, -0.15) is 0 Å². The van der Waals surface area contributed by atoms with Crippen LogP contribution in [-0.2, 0) is 4.79 Å². The fourth-order valence-electron chi connectivity index (χ4n) is 3.28. The van der Waals surface area contributed by atoms with Crippen LogP contribution in [0, 0.1) is 5.82 Å². The van der Waals surface area contributed by atoms with E-state index in [1.807, 2.05) is 0 Å². The van der Waals surface area contributed by atoms with Crippen LogP contribution < -0.4 is 0 Å². The molecule has 2 aromatic heterocycles. The molecule has 0 radical (unpaired) electrons. The molecule has 3 heterocycles. The highest BCUT2D eigenvalue weighted by Crippen LogP contribution is 2.23. The van der Waals surface area contributed by atoms with Gasteiger partial charge in [0.25, 0.3) is 17.6 Å². The van der Waals surface area contributed by atoms with E-state index in [2.05, 4.69) is 20.9 Å². The standard InChI is InChI=1S/C19H15BrFN3O4/c20-15-5-4-14(28-15)18(26)23-6-8-24(9-7-23)19(27)17(25)11-10-22-13-3-1-2-12(21)16(11)13/h1-5,10,22H,6-9H2. The van der Waals surface area contributed by atoms with Crippen LogP contribution in [0.2, 0.25) is 0 Å². The van der Waals surface area contributed by atoms with Gasteiger partial charge in [0, 0.05) is 43.3 Å². The minimum Gasteiger partial charge on any atom is -0.444 e. The lowest BCUT2D eigenvalue weighted by Gasteiger charge is -2.33. The van der Waals surface area contributed by atoms with Crippen LogP contribution in [0.25, 0.3) is 10.9 Å². The van der Waals surface area contributed by atoms with Gasteiger partial charge in [0.05, 0.1) is 5.56 Å². The van der Waals surface area contributed by atoms with Crippen molar-refractivity contribution in [2.45, 2.75) is 0 Å². The molecule has 9 heteroatoms. The fraction of sp³-hybridized carbons (Fsp3) is 0.211. The first-order chi connectivity index (χ1) is 13.5. The number of nitrogens with one attached hydrogen (secondary N) is 1. The number of aromatic amines is 1. The number of benzene rings is 1. The van der Waals surface area contributed by atoms with Crippen molar-refractivity contribution in [3.63, 3.8) is 0 Å². The highest BCUT2D eigenvalue weighted by molar-refractivity contribution is 9.10. The zero-order chi connectivity index (χ0) is 19.8. The molecule has 4 rings (SSSR count). The first kappa shape index (κ1) is 18.4. The number of fused-ring (bicyclic) bond motifs is 1. The molecule has 7 nitrogen and oxygen atoms in total. The van der Waals surface area contributed by atoms with Crippen LogP contribution in [0.4, 0.5) is 4.39 Å². The predicted molar refractivity (Wildman–Crippen MR) is 101 cm³/mol. The van der Waals surface area contributed by atoms with E-state index in [4.69, 9.17) is 4.42 Å². The molecule has 1 fully saturated rings. The number of aromatic nitrogens is 1. The topological polar surface area (TPSA) is 86.6 Å². The summed E-state index contributed by atoms with van der Waals surface area (Å²) in [4.78, 5) is 43.4. The van der Waals surface area contributed by atoms with Crippen molar-refractivity contribution in [3.05, 3.63) is 58.3 Å². The van der Waals surface area contributed by atoms with Crippen LogP contribution in [0.3, 0.4) is 0 Å². The number of amides is 2. The molecule has 1 aromatic carbocycles. The molecular weight excluding hydrogens is 433 g/mol. The van der Waals surface area contributed by atoms with E-state index in [0.717, 1.165) is 0 Å². The summed E-state index contributed by atoms with van der Waals surface area (Å²) >= 11 is 3.15. The molecule has 0 atom stereocenters. The van der Waals surface area contributed by atoms with E-state index < -0.39 is 17.5 Å². The Kier molecular flexibility index (Phi) is 4.76. The number of hydrogen-bond donors (Lipinski definition) is 1. The Hall–Kier alpha value is -2.94. The molecule has 0 unspecified atom stereocenters. The quantitative estimate of drug-likeness (QED) is 0.493. The Labute approximate surface area is 167 Å². The minimum absolute atomic E-state index is 0.0111. The normalized spacial score (nSPS) is 14.5. The zero-order valence-corrected chi connectivity index (χ0v) is 16.2. The molecule has 28 heavy (non-hydrogen) atoms. The molecular formula is C19H15BrFN3O4.